The van der Waals surface area contributed by atoms with Crippen LogP contribution < -0.4 is 5.32 Å². The summed E-state index contributed by atoms with van der Waals surface area (Å²) in [5.41, 5.74) is 0.974. The fourth-order valence-corrected chi connectivity index (χ4v) is 3.93. The van der Waals surface area contributed by atoms with E-state index < -0.39 is 0 Å². The molecule has 6 heteroatoms. The maximum Gasteiger partial charge on any atom is 0.222 e. The van der Waals surface area contributed by atoms with Gasteiger partial charge in [0, 0.05) is 17.0 Å². The molecule has 0 bridgehead atoms. The third-order valence-corrected chi connectivity index (χ3v) is 5.58. The number of carbonyl (C=O) groups excluding carboxylic acids is 1. The van der Waals surface area contributed by atoms with Gasteiger partial charge >= 0.3 is 0 Å². The number of amides is 1. The van der Waals surface area contributed by atoms with Gasteiger partial charge in [-0.3, -0.25) is 4.79 Å². The number of carbonyl (C=O) groups is 1. The second-order valence-electron chi connectivity index (χ2n) is 6.97. The molecule has 1 N–H and O–H groups in total. The predicted octanol–water partition coefficient (Wildman–Crippen LogP) is 3.83. The lowest BCUT2D eigenvalue weighted by Crippen LogP contribution is -2.48. The summed E-state index contributed by atoms with van der Waals surface area (Å²) in [6, 6.07) is 7.87. The highest BCUT2D eigenvalue weighted by Crippen LogP contribution is 2.30. The van der Waals surface area contributed by atoms with Gasteiger partial charge in [-0.15, -0.1) is 12.4 Å². The van der Waals surface area contributed by atoms with Gasteiger partial charge in [-0.2, -0.15) is 0 Å². The minimum absolute atomic E-state index is 0. The average molecular weight is 387 g/mol. The van der Waals surface area contributed by atoms with Crippen LogP contribution in [-0.2, 0) is 9.53 Å². The molecule has 25 heavy (non-hydrogen) atoms. The minimum Gasteiger partial charge on any atom is -0.369 e. The van der Waals surface area contributed by atoms with Crippen LogP contribution in [0, 0.1) is 5.92 Å². The molecule has 2 atom stereocenters. The third-order valence-electron chi connectivity index (χ3n) is 5.23. The molecule has 0 saturated carbocycles. The molecule has 1 aromatic rings. The number of piperidine rings is 1. The Morgan fingerprint density at radius 2 is 2.04 bits per heavy atom. The Hall–Kier alpha value is -0.810. The first-order chi connectivity index (χ1) is 11.6. The number of hydrogen-bond acceptors (Lipinski definition) is 3. The van der Waals surface area contributed by atoms with Crippen LogP contribution in [0.4, 0.5) is 0 Å². The average Bonchev–Trinajstić information content (AvgIpc) is 2.61. The smallest absolute Gasteiger partial charge is 0.222 e. The van der Waals surface area contributed by atoms with Gasteiger partial charge in [-0.1, -0.05) is 29.8 Å². The zero-order valence-electron chi connectivity index (χ0n) is 14.7. The molecular formula is C19H28Cl2N2O2. The van der Waals surface area contributed by atoms with E-state index in [0.29, 0.717) is 30.5 Å². The second kappa shape index (κ2) is 9.77. The molecule has 1 amide bonds. The molecule has 140 valence electrons. The Balaban J connectivity index is 0.00000225. The van der Waals surface area contributed by atoms with Gasteiger partial charge in [0.25, 0.3) is 0 Å². The first-order valence-corrected chi connectivity index (χ1v) is 9.39. The van der Waals surface area contributed by atoms with Crippen LogP contribution in [0.5, 0.6) is 0 Å². The molecular weight excluding hydrogens is 359 g/mol. The van der Waals surface area contributed by atoms with E-state index >= 15 is 0 Å². The van der Waals surface area contributed by atoms with Gasteiger partial charge in [-0.05, 0) is 51.3 Å². The van der Waals surface area contributed by atoms with E-state index in [1.165, 1.54) is 12.8 Å². The van der Waals surface area contributed by atoms with Gasteiger partial charge in [0.1, 0.15) is 6.10 Å². The summed E-state index contributed by atoms with van der Waals surface area (Å²) in [5.74, 6) is 0.937. The highest BCUT2D eigenvalue weighted by atomic mass is 35.5. The lowest BCUT2D eigenvalue weighted by molar-refractivity contribution is -0.144. The molecule has 0 spiro atoms. The molecule has 0 aromatic heterocycles. The third kappa shape index (κ3) is 5.33. The number of nitrogens with zero attached hydrogens (tertiary/aromatic N) is 1. The number of ether oxygens (including phenoxy) is 1. The van der Waals surface area contributed by atoms with Crippen molar-refractivity contribution in [2.24, 2.45) is 5.92 Å². The summed E-state index contributed by atoms with van der Waals surface area (Å²) in [7, 11) is 0. The summed E-state index contributed by atoms with van der Waals surface area (Å²) >= 11 is 6.29. The summed E-state index contributed by atoms with van der Waals surface area (Å²) in [4.78, 5) is 14.7. The molecule has 2 aliphatic rings. The Morgan fingerprint density at radius 3 is 2.76 bits per heavy atom. The minimum atomic E-state index is -0.127. The summed E-state index contributed by atoms with van der Waals surface area (Å²) in [5, 5.41) is 4.09. The van der Waals surface area contributed by atoms with Crippen LogP contribution in [0.1, 0.15) is 44.3 Å². The monoisotopic (exact) mass is 386 g/mol. The first kappa shape index (κ1) is 20.5. The maximum atomic E-state index is 12.7. The largest absolute Gasteiger partial charge is 0.369 e. The van der Waals surface area contributed by atoms with E-state index in [1.807, 2.05) is 29.2 Å². The summed E-state index contributed by atoms with van der Waals surface area (Å²) < 4.78 is 5.95. The second-order valence-corrected chi connectivity index (χ2v) is 7.38. The maximum absolute atomic E-state index is 12.7. The number of halogens is 2. The number of hydrogen-bond donors (Lipinski definition) is 1. The van der Waals surface area contributed by atoms with E-state index in [9.17, 15) is 4.79 Å². The van der Waals surface area contributed by atoms with Crippen LogP contribution in [0.3, 0.4) is 0 Å². The molecule has 3 rings (SSSR count). The quantitative estimate of drug-likeness (QED) is 0.854. The molecule has 0 aliphatic carbocycles. The fourth-order valence-electron chi connectivity index (χ4n) is 3.67. The van der Waals surface area contributed by atoms with Crippen molar-refractivity contribution in [3.63, 3.8) is 0 Å². The highest BCUT2D eigenvalue weighted by molar-refractivity contribution is 6.31. The van der Waals surface area contributed by atoms with Crippen molar-refractivity contribution >= 4 is 29.9 Å². The van der Waals surface area contributed by atoms with Crippen molar-refractivity contribution in [2.45, 2.75) is 44.8 Å². The van der Waals surface area contributed by atoms with Gasteiger partial charge in [0.05, 0.1) is 19.2 Å². The van der Waals surface area contributed by atoms with E-state index in [2.05, 4.69) is 12.2 Å². The lowest BCUT2D eigenvalue weighted by atomic mass is 9.93. The zero-order chi connectivity index (χ0) is 16.9. The Morgan fingerprint density at radius 1 is 1.32 bits per heavy atom. The fraction of sp³-hybridized carbons (Fsp3) is 0.632. The van der Waals surface area contributed by atoms with Gasteiger partial charge in [0.2, 0.25) is 5.91 Å². The number of rotatable bonds is 4. The van der Waals surface area contributed by atoms with Crippen LogP contribution in [-0.4, -0.2) is 43.1 Å². The Kier molecular flexibility index (Phi) is 8.01. The van der Waals surface area contributed by atoms with Crippen LogP contribution >= 0.6 is 24.0 Å². The Labute approximate surface area is 161 Å². The standard InChI is InChI=1S/C19H27ClN2O2.ClH/c1-14-13-24-18(16-4-2-3-5-17(16)20)12-22(14)19(23)7-6-15-8-10-21-11-9-15;/h2-5,14-15,18,21H,6-13H2,1H3;1H. The van der Waals surface area contributed by atoms with Gasteiger partial charge < -0.3 is 15.0 Å². The summed E-state index contributed by atoms with van der Waals surface area (Å²) in [6.45, 7) is 5.39. The molecule has 4 nitrogen and oxygen atoms in total. The van der Waals surface area contributed by atoms with Crippen molar-refractivity contribution < 1.29 is 9.53 Å². The van der Waals surface area contributed by atoms with Crippen LogP contribution in [0.25, 0.3) is 0 Å². The molecule has 0 radical (unpaired) electrons. The molecule has 2 heterocycles. The lowest BCUT2D eigenvalue weighted by Gasteiger charge is -2.38. The molecule has 1 aromatic carbocycles. The van der Waals surface area contributed by atoms with Crippen molar-refractivity contribution in [1.29, 1.82) is 0 Å². The van der Waals surface area contributed by atoms with Gasteiger partial charge in [0.15, 0.2) is 0 Å². The van der Waals surface area contributed by atoms with Crippen molar-refractivity contribution in [3.05, 3.63) is 34.9 Å². The molecule has 2 fully saturated rings. The molecule has 2 saturated heterocycles. The number of morpholine rings is 1. The first-order valence-electron chi connectivity index (χ1n) is 9.01. The normalized spacial score (nSPS) is 24.6. The zero-order valence-corrected chi connectivity index (χ0v) is 16.3. The van der Waals surface area contributed by atoms with Crippen molar-refractivity contribution in [1.82, 2.24) is 10.2 Å². The Bertz CT molecular complexity index is 564. The van der Waals surface area contributed by atoms with Gasteiger partial charge in [-0.25, -0.2) is 0 Å². The highest BCUT2D eigenvalue weighted by Gasteiger charge is 2.31. The van der Waals surface area contributed by atoms with E-state index in [4.69, 9.17) is 16.3 Å². The number of nitrogens with one attached hydrogen (secondary N) is 1. The van der Waals surface area contributed by atoms with E-state index in [-0.39, 0.29) is 30.5 Å². The molecule has 2 aliphatic heterocycles. The topological polar surface area (TPSA) is 41.6 Å². The van der Waals surface area contributed by atoms with Crippen LogP contribution in [0.15, 0.2) is 24.3 Å². The van der Waals surface area contributed by atoms with E-state index in [1.54, 1.807) is 0 Å². The number of benzene rings is 1. The molecule has 2 unspecified atom stereocenters. The van der Waals surface area contributed by atoms with Crippen molar-refractivity contribution in [2.75, 3.05) is 26.2 Å². The SMILES string of the molecule is CC1COC(c2ccccc2Cl)CN1C(=O)CCC1CCNCC1.Cl. The summed E-state index contributed by atoms with van der Waals surface area (Å²) in [6.07, 6.45) is 3.89. The predicted molar refractivity (Wildman–Crippen MR) is 103 cm³/mol. The van der Waals surface area contributed by atoms with Crippen molar-refractivity contribution in [3.8, 4) is 0 Å². The van der Waals surface area contributed by atoms with E-state index in [0.717, 1.165) is 25.1 Å². The van der Waals surface area contributed by atoms with Crippen LogP contribution in [0.2, 0.25) is 5.02 Å².